The predicted octanol–water partition coefficient (Wildman–Crippen LogP) is 1.66. The van der Waals surface area contributed by atoms with E-state index in [1.807, 2.05) is 6.07 Å². The van der Waals surface area contributed by atoms with Crippen LogP contribution in [0.25, 0.3) is 5.69 Å². The number of carboxylic acid groups (broad SMARTS) is 1. The number of nitrogens with one attached hydrogen (secondary N) is 1. The number of nitrogens with zero attached hydrogens (tertiary/aromatic N) is 2. The second kappa shape index (κ2) is 7.26. The van der Waals surface area contributed by atoms with Crippen molar-refractivity contribution in [3.63, 3.8) is 0 Å². The smallest absolute Gasteiger partial charge is 0.334 e. The van der Waals surface area contributed by atoms with Gasteiger partial charge in [-0.25, -0.2) is 9.48 Å². The summed E-state index contributed by atoms with van der Waals surface area (Å²) in [7, 11) is 1.27. The van der Waals surface area contributed by atoms with E-state index >= 15 is 0 Å². The second-order valence-corrected chi connectivity index (χ2v) is 5.19. The number of benzene rings is 1. The number of ether oxygens (including phenoxy) is 1. The maximum Gasteiger partial charge on any atom is 0.334 e. The van der Waals surface area contributed by atoms with Crippen LogP contribution in [0.5, 0.6) is 0 Å². The Balaban J connectivity index is 2.17. The van der Waals surface area contributed by atoms with Gasteiger partial charge in [0.25, 0.3) is 5.91 Å². The van der Waals surface area contributed by atoms with Gasteiger partial charge in [0.1, 0.15) is 0 Å². The van der Waals surface area contributed by atoms with E-state index in [2.05, 4.69) is 10.4 Å². The summed E-state index contributed by atoms with van der Waals surface area (Å²) in [6.07, 6.45) is 0.314. The minimum absolute atomic E-state index is 0.138. The molecule has 1 unspecified atom stereocenters. The highest BCUT2D eigenvalue weighted by Crippen LogP contribution is 2.21. The highest BCUT2D eigenvalue weighted by molar-refractivity contribution is 6.32. The number of hydrogen-bond acceptors (Lipinski definition) is 4. The van der Waals surface area contributed by atoms with E-state index in [0.29, 0.717) is 22.0 Å². The Hall–Kier alpha value is -2.38. The van der Waals surface area contributed by atoms with Crippen molar-refractivity contribution in [2.75, 3.05) is 13.7 Å². The Morgan fingerprint density at radius 2 is 2.13 bits per heavy atom. The topological polar surface area (TPSA) is 93.5 Å². The first-order valence-electron chi connectivity index (χ1n) is 6.79. The fourth-order valence-corrected chi connectivity index (χ4v) is 2.27. The molecule has 23 heavy (non-hydrogen) atoms. The van der Waals surface area contributed by atoms with Crippen LogP contribution in [0.4, 0.5) is 0 Å². The van der Waals surface area contributed by atoms with Gasteiger partial charge in [-0.2, -0.15) is 5.10 Å². The van der Waals surface area contributed by atoms with Crippen LogP contribution in [0.15, 0.2) is 30.5 Å². The zero-order chi connectivity index (χ0) is 17.0. The van der Waals surface area contributed by atoms with Crippen LogP contribution in [0.1, 0.15) is 16.1 Å². The van der Waals surface area contributed by atoms with Gasteiger partial charge < -0.3 is 15.2 Å². The van der Waals surface area contributed by atoms with Gasteiger partial charge in [0, 0.05) is 7.11 Å². The number of carbonyl (C=O) groups is 2. The Labute approximate surface area is 137 Å². The largest absolute Gasteiger partial charge is 0.479 e. The van der Waals surface area contributed by atoms with Crippen LogP contribution in [0.3, 0.4) is 0 Å². The van der Waals surface area contributed by atoms with Crippen molar-refractivity contribution in [1.29, 1.82) is 0 Å². The first-order valence-corrected chi connectivity index (χ1v) is 7.16. The number of halogens is 1. The minimum atomic E-state index is -1.14. The van der Waals surface area contributed by atoms with Gasteiger partial charge in [0.15, 0.2) is 6.10 Å². The predicted molar refractivity (Wildman–Crippen MR) is 84.1 cm³/mol. The molecule has 0 radical (unpaired) electrons. The van der Waals surface area contributed by atoms with Crippen molar-refractivity contribution < 1.29 is 19.4 Å². The minimum Gasteiger partial charge on any atom is -0.479 e. The summed E-state index contributed by atoms with van der Waals surface area (Å²) in [6.45, 7) is 1.59. The molecule has 122 valence electrons. The zero-order valence-electron chi connectivity index (χ0n) is 12.6. The quantitative estimate of drug-likeness (QED) is 0.836. The third kappa shape index (κ3) is 3.69. The highest BCUT2D eigenvalue weighted by atomic mass is 35.5. The molecular formula is C15H16ClN3O4. The van der Waals surface area contributed by atoms with Gasteiger partial charge >= 0.3 is 5.97 Å². The molecule has 8 heteroatoms. The average Bonchev–Trinajstić information content (AvgIpc) is 2.89. The van der Waals surface area contributed by atoms with E-state index < -0.39 is 18.0 Å². The Kier molecular flexibility index (Phi) is 5.36. The summed E-state index contributed by atoms with van der Waals surface area (Å²) in [5, 5.41) is 16.1. The summed E-state index contributed by atoms with van der Waals surface area (Å²) < 4.78 is 6.32. The number of methoxy groups -OCH3 is 1. The fraction of sp³-hybridized carbons (Fsp3) is 0.267. The number of para-hydroxylation sites is 1. The molecule has 0 aliphatic carbocycles. The number of rotatable bonds is 6. The van der Waals surface area contributed by atoms with E-state index in [-0.39, 0.29) is 6.54 Å². The third-order valence-electron chi connectivity index (χ3n) is 3.34. The van der Waals surface area contributed by atoms with Gasteiger partial charge in [0.2, 0.25) is 0 Å². The van der Waals surface area contributed by atoms with Crippen LogP contribution in [-0.4, -0.2) is 46.5 Å². The molecule has 0 saturated heterocycles. The number of carbonyl (C=O) groups excluding carboxylic acids is 1. The molecule has 0 aliphatic rings. The maximum atomic E-state index is 12.2. The third-order valence-corrected chi connectivity index (χ3v) is 3.66. The van der Waals surface area contributed by atoms with Crippen molar-refractivity contribution in [3.05, 3.63) is 46.7 Å². The Bertz CT molecular complexity index is 729. The lowest BCUT2D eigenvalue weighted by molar-refractivity contribution is -0.148. The lowest BCUT2D eigenvalue weighted by Crippen LogP contribution is -2.37. The molecule has 1 aromatic heterocycles. The normalized spacial score (nSPS) is 12.0. The monoisotopic (exact) mass is 337 g/mol. The van der Waals surface area contributed by atoms with Crippen LogP contribution >= 0.6 is 11.6 Å². The second-order valence-electron chi connectivity index (χ2n) is 4.78. The Morgan fingerprint density at radius 1 is 1.43 bits per heavy atom. The van der Waals surface area contributed by atoms with Crippen molar-refractivity contribution in [2.45, 2.75) is 13.0 Å². The zero-order valence-corrected chi connectivity index (χ0v) is 13.4. The van der Waals surface area contributed by atoms with Gasteiger partial charge in [-0.05, 0) is 19.1 Å². The summed E-state index contributed by atoms with van der Waals surface area (Å²) in [6, 6.07) is 7.14. The van der Waals surface area contributed by atoms with Gasteiger partial charge in [-0.3, -0.25) is 4.79 Å². The first-order chi connectivity index (χ1) is 11.0. The lowest BCUT2D eigenvalue weighted by atomic mass is 10.2. The SMILES string of the molecule is COC(CNC(=O)c1cnn(-c2ccccc2Cl)c1C)C(=O)O. The van der Waals surface area contributed by atoms with E-state index in [9.17, 15) is 9.59 Å². The molecule has 0 aliphatic heterocycles. The van der Waals surface area contributed by atoms with Crippen molar-refractivity contribution in [3.8, 4) is 5.69 Å². The molecule has 0 fully saturated rings. The molecule has 0 saturated carbocycles. The van der Waals surface area contributed by atoms with Crippen LogP contribution in [0, 0.1) is 6.92 Å². The molecule has 0 bridgehead atoms. The Morgan fingerprint density at radius 3 is 2.74 bits per heavy atom. The number of aliphatic carboxylic acids is 1. The van der Waals surface area contributed by atoms with Crippen LogP contribution in [0.2, 0.25) is 5.02 Å². The molecule has 1 heterocycles. The summed E-state index contributed by atoms with van der Waals surface area (Å²) in [5.41, 5.74) is 1.59. The molecule has 2 aromatic rings. The van der Waals surface area contributed by atoms with E-state index in [1.54, 1.807) is 29.8 Å². The fourth-order valence-electron chi connectivity index (χ4n) is 2.05. The number of hydrogen-bond donors (Lipinski definition) is 2. The number of amides is 1. The number of aromatic nitrogens is 2. The van der Waals surface area contributed by atoms with Crippen LogP contribution in [-0.2, 0) is 9.53 Å². The lowest BCUT2D eigenvalue weighted by Gasteiger charge is -2.11. The standard InChI is InChI=1S/C15H16ClN3O4/c1-9-10(14(20)17-8-13(23-2)15(21)22)7-18-19(9)12-6-4-3-5-11(12)16/h3-7,13H,8H2,1-2H3,(H,17,20)(H,21,22). The molecular weight excluding hydrogens is 322 g/mol. The summed E-state index contributed by atoms with van der Waals surface area (Å²) in [4.78, 5) is 23.1. The molecule has 2 N–H and O–H groups in total. The van der Waals surface area contributed by atoms with Crippen molar-refractivity contribution in [2.24, 2.45) is 0 Å². The summed E-state index contributed by atoms with van der Waals surface area (Å²) in [5.74, 6) is -1.57. The van der Waals surface area contributed by atoms with Gasteiger partial charge in [-0.1, -0.05) is 23.7 Å². The summed E-state index contributed by atoms with van der Waals surface area (Å²) >= 11 is 6.13. The highest BCUT2D eigenvalue weighted by Gasteiger charge is 2.20. The molecule has 2 rings (SSSR count). The number of carboxylic acids is 1. The van der Waals surface area contributed by atoms with Gasteiger partial charge in [0.05, 0.1) is 34.7 Å². The molecule has 0 spiro atoms. The van der Waals surface area contributed by atoms with Crippen LogP contribution < -0.4 is 5.32 Å². The van der Waals surface area contributed by atoms with Crippen molar-refractivity contribution in [1.82, 2.24) is 15.1 Å². The molecule has 7 nitrogen and oxygen atoms in total. The van der Waals surface area contributed by atoms with E-state index in [4.69, 9.17) is 21.4 Å². The van der Waals surface area contributed by atoms with Crippen molar-refractivity contribution >= 4 is 23.5 Å². The van der Waals surface area contributed by atoms with Gasteiger partial charge in [-0.15, -0.1) is 0 Å². The average molecular weight is 338 g/mol. The van der Waals surface area contributed by atoms with E-state index in [1.165, 1.54) is 13.3 Å². The molecule has 1 atom stereocenters. The molecule has 1 aromatic carbocycles. The maximum absolute atomic E-state index is 12.2. The molecule has 1 amide bonds. The first kappa shape index (κ1) is 17.0. The van der Waals surface area contributed by atoms with E-state index in [0.717, 1.165) is 0 Å².